The summed E-state index contributed by atoms with van der Waals surface area (Å²) >= 11 is 12.6. The van der Waals surface area contributed by atoms with Gasteiger partial charge in [0.25, 0.3) is 0 Å². The van der Waals surface area contributed by atoms with Gasteiger partial charge in [0.2, 0.25) is 5.95 Å². The van der Waals surface area contributed by atoms with Gasteiger partial charge in [-0.25, -0.2) is 0 Å². The maximum absolute atomic E-state index is 14.4. The summed E-state index contributed by atoms with van der Waals surface area (Å²) in [6.45, 7) is 12.5. The zero-order valence-electron chi connectivity index (χ0n) is 17.6. The van der Waals surface area contributed by atoms with E-state index in [4.69, 9.17) is 33.7 Å². The molecule has 0 amide bonds. The lowest BCUT2D eigenvalue weighted by molar-refractivity contribution is 0.437. The Labute approximate surface area is 192 Å². The number of nitrogens with zero attached hydrogens (tertiary/aromatic N) is 1. The summed E-state index contributed by atoms with van der Waals surface area (Å²) in [5.74, 6) is -0.198. The van der Waals surface area contributed by atoms with Crippen LogP contribution in [0.2, 0.25) is 10.0 Å². The largest absolute Gasteiger partial charge is 0.454 e. The summed E-state index contributed by atoms with van der Waals surface area (Å²) in [5, 5.41) is 2.81. The molecular formula is C23H27Cl2FN4O. The van der Waals surface area contributed by atoms with Gasteiger partial charge < -0.3 is 20.8 Å². The fourth-order valence-electron chi connectivity index (χ4n) is 2.51. The minimum Gasteiger partial charge on any atom is -0.454 e. The average molecular weight is 465 g/mol. The van der Waals surface area contributed by atoms with Crippen molar-refractivity contribution in [3.8, 4) is 5.75 Å². The molecule has 0 radical (unpaired) electrons. The first kappa shape index (κ1) is 24.7. The number of rotatable bonds is 11. The van der Waals surface area contributed by atoms with Crippen LogP contribution in [-0.4, -0.2) is 23.1 Å². The number of anilines is 1. The standard InChI is InChI=1S/C23H27Cl2FN4O/c1-5-17-12-16(13-29-17)8-10-28-23-20(25)21(19(24)22(26)30-23)31-18(7-6-9-27)11-15(4)14(2)3/h5-7,11-14,29H,1,4,8-10,27H2,2-3H3,(H,28,30)/b7-6-,18-11+. The number of hydrogen-bond donors (Lipinski definition) is 3. The number of halogens is 3. The SMILES string of the molecule is C=Cc1cc(CCNc2nc(F)c(Cl)c(OC(/C=C\CN)=C/C(=C)C(C)C)c2Cl)c[nH]1. The first-order valence-electron chi connectivity index (χ1n) is 9.79. The fraction of sp³-hybridized carbons (Fsp3) is 0.261. The highest BCUT2D eigenvalue weighted by molar-refractivity contribution is 6.38. The van der Waals surface area contributed by atoms with Crippen molar-refractivity contribution in [3.05, 3.63) is 82.2 Å². The third-order valence-corrected chi connectivity index (χ3v) is 5.07. The minimum atomic E-state index is -0.885. The van der Waals surface area contributed by atoms with E-state index in [9.17, 15) is 4.39 Å². The Balaban J connectivity index is 2.25. The molecule has 0 aliphatic rings. The molecule has 2 aromatic heterocycles. The lowest BCUT2D eigenvalue weighted by Crippen LogP contribution is -2.09. The van der Waals surface area contributed by atoms with Crippen LogP contribution in [0.4, 0.5) is 10.2 Å². The number of hydrogen-bond acceptors (Lipinski definition) is 4. The van der Waals surface area contributed by atoms with Crippen molar-refractivity contribution in [2.45, 2.75) is 20.3 Å². The second-order valence-corrected chi connectivity index (χ2v) is 7.82. The molecule has 0 aromatic carbocycles. The van der Waals surface area contributed by atoms with Crippen molar-refractivity contribution >= 4 is 35.1 Å². The van der Waals surface area contributed by atoms with E-state index in [1.165, 1.54) is 0 Å². The molecule has 2 aromatic rings. The predicted octanol–water partition coefficient (Wildman–Crippen LogP) is 6.14. The molecule has 8 heteroatoms. The topological polar surface area (TPSA) is 76.0 Å². The Hall–Kier alpha value is -2.54. The Morgan fingerprint density at radius 3 is 2.74 bits per heavy atom. The van der Waals surface area contributed by atoms with Crippen LogP contribution in [0.25, 0.3) is 6.08 Å². The molecule has 0 unspecified atom stereocenters. The monoisotopic (exact) mass is 464 g/mol. The van der Waals surface area contributed by atoms with Gasteiger partial charge in [0.1, 0.15) is 15.8 Å². The Morgan fingerprint density at radius 2 is 2.13 bits per heavy atom. The lowest BCUT2D eigenvalue weighted by atomic mass is 10.0. The van der Waals surface area contributed by atoms with Gasteiger partial charge in [-0.1, -0.05) is 56.3 Å². The molecular weight excluding hydrogens is 438 g/mol. The zero-order chi connectivity index (χ0) is 23.0. The number of pyridine rings is 1. The van der Waals surface area contributed by atoms with Gasteiger partial charge in [0, 0.05) is 25.0 Å². The highest BCUT2D eigenvalue weighted by atomic mass is 35.5. The summed E-state index contributed by atoms with van der Waals surface area (Å²) < 4.78 is 20.3. The highest BCUT2D eigenvalue weighted by Gasteiger charge is 2.20. The number of nitrogens with two attached hydrogens (primary N) is 1. The minimum absolute atomic E-state index is 0.0293. The smallest absolute Gasteiger partial charge is 0.237 e. The number of aromatic amines is 1. The third kappa shape index (κ3) is 6.99. The molecule has 5 nitrogen and oxygen atoms in total. The molecule has 0 bridgehead atoms. The predicted molar refractivity (Wildman–Crippen MR) is 128 cm³/mol. The van der Waals surface area contributed by atoms with E-state index in [0.29, 0.717) is 25.3 Å². The van der Waals surface area contributed by atoms with Gasteiger partial charge in [0.15, 0.2) is 11.6 Å². The number of nitrogens with one attached hydrogen (secondary N) is 2. The molecule has 0 aliphatic carbocycles. The van der Waals surface area contributed by atoms with Crippen molar-refractivity contribution in [1.82, 2.24) is 9.97 Å². The molecule has 0 fully saturated rings. The van der Waals surface area contributed by atoms with Crippen LogP contribution in [0.15, 0.2) is 55.0 Å². The van der Waals surface area contributed by atoms with Crippen LogP contribution in [-0.2, 0) is 6.42 Å². The van der Waals surface area contributed by atoms with Crippen molar-refractivity contribution in [1.29, 1.82) is 0 Å². The summed E-state index contributed by atoms with van der Waals surface area (Å²) in [7, 11) is 0. The number of allylic oxidation sites excluding steroid dienone is 3. The van der Waals surface area contributed by atoms with Crippen LogP contribution in [0.5, 0.6) is 5.75 Å². The van der Waals surface area contributed by atoms with E-state index in [2.05, 4.69) is 28.4 Å². The summed E-state index contributed by atoms with van der Waals surface area (Å²) in [5.41, 5.74) is 8.36. The third-order valence-electron chi connectivity index (χ3n) is 4.40. The van der Waals surface area contributed by atoms with E-state index in [0.717, 1.165) is 16.8 Å². The lowest BCUT2D eigenvalue weighted by Gasteiger charge is -2.15. The van der Waals surface area contributed by atoms with E-state index >= 15 is 0 Å². The van der Waals surface area contributed by atoms with Gasteiger partial charge in [-0.15, -0.1) is 0 Å². The quantitative estimate of drug-likeness (QED) is 0.212. The van der Waals surface area contributed by atoms with Gasteiger partial charge in [0.05, 0.1) is 0 Å². The first-order valence-corrected chi connectivity index (χ1v) is 10.5. The Morgan fingerprint density at radius 1 is 1.39 bits per heavy atom. The van der Waals surface area contributed by atoms with Crippen LogP contribution in [0, 0.1) is 11.9 Å². The van der Waals surface area contributed by atoms with Crippen molar-refractivity contribution in [3.63, 3.8) is 0 Å². The van der Waals surface area contributed by atoms with Gasteiger partial charge in [-0.3, -0.25) is 0 Å². The van der Waals surface area contributed by atoms with E-state index < -0.39 is 5.95 Å². The summed E-state index contributed by atoms with van der Waals surface area (Å²) in [6, 6.07) is 1.98. The molecule has 31 heavy (non-hydrogen) atoms. The molecule has 166 valence electrons. The van der Waals surface area contributed by atoms with Crippen molar-refractivity contribution < 1.29 is 9.13 Å². The van der Waals surface area contributed by atoms with Crippen LogP contribution in [0.1, 0.15) is 25.1 Å². The Bertz CT molecular complexity index is 996. The number of H-pyrrole nitrogens is 1. The average Bonchev–Trinajstić information content (AvgIpc) is 3.20. The molecule has 0 saturated heterocycles. The molecule has 0 aliphatic heterocycles. The number of aromatic nitrogens is 2. The number of ether oxygens (including phenoxy) is 1. The van der Waals surface area contributed by atoms with E-state index in [-0.39, 0.29) is 27.5 Å². The highest BCUT2D eigenvalue weighted by Crippen LogP contribution is 2.40. The molecule has 4 N–H and O–H groups in total. The molecule has 0 saturated carbocycles. The van der Waals surface area contributed by atoms with Gasteiger partial charge >= 0.3 is 0 Å². The first-order chi connectivity index (χ1) is 14.8. The second-order valence-electron chi connectivity index (χ2n) is 7.07. The van der Waals surface area contributed by atoms with E-state index in [1.807, 2.05) is 26.1 Å². The summed E-state index contributed by atoms with van der Waals surface area (Å²) in [6.07, 6.45) is 9.37. The normalized spacial score (nSPS) is 11.9. The van der Waals surface area contributed by atoms with Crippen molar-refractivity contribution in [2.75, 3.05) is 18.4 Å². The van der Waals surface area contributed by atoms with Gasteiger partial charge in [-0.05, 0) is 47.8 Å². The van der Waals surface area contributed by atoms with Crippen LogP contribution >= 0.6 is 23.2 Å². The van der Waals surface area contributed by atoms with Crippen molar-refractivity contribution in [2.24, 2.45) is 11.7 Å². The Kier molecular flexibility index (Phi) is 9.37. The zero-order valence-corrected chi connectivity index (χ0v) is 19.2. The molecule has 0 atom stereocenters. The second kappa shape index (κ2) is 11.7. The van der Waals surface area contributed by atoms with Crippen LogP contribution < -0.4 is 15.8 Å². The molecule has 2 rings (SSSR count). The van der Waals surface area contributed by atoms with Crippen LogP contribution in [0.3, 0.4) is 0 Å². The molecule has 2 heterocycles. The maximum Gasteiger partial charge on any atom is 0.237 e. The molecule has 0 spiro atoms. The summed E-state index contributed by atoms with van der Waals surface area (Å²) in [4.78, 5) is 6.91. The fourth-order valence-corrected chi connectivity index (χ4v) is 2.98. The van der Waals surface area contributed by atoms with E-state index in [1.54, 1.807) is 24.3 Å². The van der Waals surface area contributed by atoms with Gasteiger partial charge in [-0.2, -0.15) is 9.37 Å². The maximum atomic E-state index is 14.4.